The van der Waals surface area contributed by atoms with Crippen LogP contribution < -0.4 is 0 Å². The summed E-state index contributed by atoms with van der Waals surface area (Å²) in [5, 5.41) is 29.9. The van der Waals surface area contributed by atoms with Crippen molar-refractivity contribution in [1.82, 2.24) is 0 Å². The molecule has 1 aliphatic heterocycles. The van der Waals surface area contributed by atoms with Crippen LogP contribution in [0.5, 0.6) is 5.75 Å². The van der Waals surface area contributed by atoms with Gasteiger partial charge in [-0.25, -0.2) is 4.79 Å². The van der Waals surface area contributed by atoms with E-state index in [0.29, 0.717) is 17.7 Å². The standard InChI is InChI=1S/C20H21F3O6/c1-10-8-12-4-3-5-14(24)18(27)15(25)7-6-13(20(21,22)23)11(2)29-19(28)17(12)16(26)9-10/h3-4,6-9,11,13-14,18,24,26-27H,5H2,1-2H3/b4-3+,7-6-/t11?,13?,14-,18?/m0/s1. The first-order valence-corrected chi connectivity index (χ1v) is 8.77. The lowest BCUT2D eigenvalue weighted by atomic mass is 9.97. The average molecular weight is 414 g/mol. The number of aliphatic hydroxyl groups is 2. The van der Waals surface area contributed by atoms with Crippen molar-refractivity contribution in [2.45, 2.75) is 44.8 Å². The Morgan fingerprint density at radius 2 is 1.79 bits per heavy atom. The van der Waals surface area contributed by atoms with Gasteiger partial charge in [0.15, 0.2) is 5.78 Å². The van der Waals surface area contributed by atoms with Crippen LogP contribution >= 0.6 is 0 Å². The number of benzene rings is 1. The van der Waals surface area contributed by atoms with Gasteiger partial charge >= 0.3 is 12.1 Å². The molecule has 0 aliphatic carbocycles. The number of fused-ring (bicyclic) bond motifs is 1. The minimum atomic E-state index is -4.85. The molecule has 3 unspecified atom stereocenters. The number of hydrogen-bond donors (Lipinski definition) is 3. The quantitative estimate of drug-likeness (QED) is 0.564. The van der Waals surface area contributed by atoms with Crippen molar-refractivity contribution >= 4 is 17.8 Å². The smallest absolute Gasteiger partial charge is 0.398 e. The summed E-state index contributed by atoms with van der Waals surface area (Å²) in [6.45, 7) is 2.64. The van der Waals surface area contributed by atoms with Crippen molar-refractivity contribution in [3.63, 3.8) is 0 Å². The van der Waals surface area contributed by atoms with Crippen LogP contribution in [0, 0.1) is 12.8 Å². The summed E-state index contributed by atoms with van der Waals surface area (Å²) in [6, 6.07) is 2.76. The largest absolute Gasteiger partial charge is 0.507 e. The number of aryl methyl sites for hydroxylation is 1. The molecule has 29 heavy (non-hydrogen) atoms. The third kappa shape index (κ3) is 5.45. The van der Waals surface area contributed by atoms with E-state index in [4.69, 9.17) is 4.74 Å². The maximum Gasteiger partial charge on any atom is 0.398 e. The second kappa shape index (κ2) is 8.79. The molecule has 4 atom stereocenters. The van der Waals surface area contributed by atoms with Gasteiger partial charge < -0.3 is 20.1 Å². The first-order chi connectivity index (χ1) is 13.4. The Kier molecular flexibility index (Phi) is 6.86. The average Bonchev–Trinajstić information content (AvgIpc) is 2.58. The Bertz CT molecular complexity index is 843. The van der Waals surface area contributed by atoms with Gasteiger partial charge in [-0.15, -0.1) is 0 Å². The Morgan fingerprint density at radius 3 is 2.41 bits per heavy atom. The summed E-state index contributed by atoms with van der Waals surface area (Å²) in [7, 11) is 0. The molecule has 6 nitrogen and oxygen atoms in total. The van der Waals surface area contributed by atoms with Gasteiger partial charge in [-0.1, -0.05) is 24.3 Å². The predicted molar refractivity (Wildman–Crippen MR) is 97.1 cm³/mol. The summed E-state index contributed by atoms with van der Waals surface area (Å²) < 4.78 is 45.1. The molecule has 0 saturated carbocycles. The summed E-state index contributed by atoms with van der Waals surface area (Å²) in [4.78, 5) is 24.4. The van der Waals surface area contributed by atoms with Crippen LogP contribution in [0.2, 0.25) is 0 Å². The molecule has 0 aromatic heterocycles. The van der Waals surface area contributed by atoms with Crippen LogP contribution in [-0.4, -0.2) is 51.6 Å². The van der Waals surface area contributed by atoms with E-state index in [9.17, 15) is 38.1 Å². The van der Waals surface area contributed by atoms with Crippen molar-refractivity contribution < 1.29 is 42.8 Å². The summed E-state index contributed by atoms with van der Waals surface area (Å²) in [5.41, 5.74) is 0.399. The van der Waals surface area contributed by atoms with E-state index in [2.05, 4.69) is 0 Å². The zero-order chi connectivity index (χ0) is 21.9. The molecule has 1 heterocycles. The molecule has 9 heteroatoms. The fraction of sp³-hybridized carbons (Fsp3) is 0.400. The fourth-order valence-corrected chi connectivity index (χ4v) is 2.93. The summed E-state index contributed by atoms with van der Waals surface area (Å²) in [5.74, 6) is -5.08. The van der Waals surface area contributed by atoms with Gasteiger partial charge in [-0.05, 0) is 43.5 Å². The van der Waals surface area contributed by atoms with Crippen LogP contribution in [0.4, 0.5) is 13.2 Å². The lowest BCUT2D eigenvalue weighted by Gasteiger charge is -2.24. The Morgan fingerprint density at radius 1 is 1.14 bits per heavy atom. The summed E-state index contributed by atoms with van der Waals surface area (Å²) in [6.07, 6.45) is -6.58. The second-order valence-electron chi connectivity index (χ2n) is 6.84. The minimum Gasteiger partial charge on any atom is -0.507 e. The third-order valence-corrected chi connectivity index (χ3v) is 4.47. The van der Waals surface area contributed by atoms with Crippen molar-refractivity contribution in [2.24, 2.45) is 5.92 Å². The topological polar surface area (TPSA) is 104 Å². The number of cyclic esters (lactones) is 1. The van der Waals surface area contributed by atoms with Gasteiger partial charge in [0.25, 0.3) is 0 Å². The number of phenolic OH excluding ortho intramolecular Hbond substituents is 1. The molecule has 0 radical (unpaired) electrons. The van der Waals surface area contributed by atoms with E-state index < -0.39 is 47.9 Å². The fourth-order valence-electron chi connectivity index (χ4n) is 2.93. The highest BCUT2D eigenvalue weighted by molar-refractivity contribution is 5.97. The van der Waals surface area contributed by atoms with Gasteiger partial charge in [0.05, 0.1) is 6.10 Å². The second-order valence-corrected chi connectivity index (χ2v) is 6.84. The number of carbonyl (C=O) groups is 2. The molecule has 0 saturated heterocycles. The molecule has 1 aromatic rings. The number of esters is 1. The van der Waals surface area contributed by atoms with Crippen LogP contribution in [0.25, 0.3) is 6.08 Å². The highest BCUT2D eigenvalue weighted by atomic mass is 19.4. The number of aliphatic hydroxyl groups excluding tert-OH is 2. The van der Waals surface area contributed by atoms with E-state index in [1.807, 2.05) is 0 Å². The van der Waals surface area contributed by atoms with Crippen LogP contribution in [0.1, 0.15) is 34.8 Å². The highest BCUT2D eigenvalue weighted by Gasteiger charge is 2.43. The molecular formula is C20H21F3O6. The number of aromatic hydroxyl groups is 1. The lowest BCUT2D eigenvalue weighted by Crippen LogP contribution is -2.36. The SMILES string of the molecule is Cc1cc(O)c2c(c1)/C=C/C[C@H](O)C(O)C(=O)/C=C\C(C(F)(F)F)C(C)OC2=O. The number of ether oxygens (including phenoxy) is 1. The summed E-state index contributed by atoms with van der Waals surface area (Å²) >= 11 is 0. The lowest BCUT2D eigenvalue weighted by molar-refractivity contribution is -0.182. The van der Waals surface area contributed by atoms with Gasteiger partial charge in [-0.3, -0.25) is 4.79 Å². The van der Waals surface area contributed by atoms with Crippen molar-refractivity contribution in [2.75, 3.05) is 0 Å². The third-order valence-electron chi connectivity index (χ3n) is 4.47. The van der Waals surface area contributed by atoms with Crippen molar-refractivity contribution in [3.05, 3.63) is 47.1 Å². The minimum absolute atomic E-state index is 0.156. The zero-order valence-electron chi connectivity index (χ0n) is 15.7. The van der Waals surface area contributed by atoms with Gasteiger partial charge in [0.1, 0.15) is 29.4 Å². The van der Waals surface area contributed by atoms with Crippen LogP contribution in [0.15, 0.2) is 30.4 Å². The molecule has 1 aromatic carbocycles. The van der Waals surface area contributed by atoms with E-state index >= 15 is 0 Å². The maximum atomic E-state index is 13.4. The Labute approximate surface area is 164 Å². The first-order valence-electron chi connectivity index (χ1n) is 8.77. The number of hydrogen-bond acceptors (Lipinski definition) is 6. The van der Waals surface area contributed by atoms with Gasteiger partial charge in [0, 0.05) is 0 Å². The van der Waals surface area contributed by atoms with Crippen molar-refractivity contribution in [3.8, 4) is 5.75 Å². The molecule has 3 N–H and O–H groups in total. The molecule has 0 amide bonds. The van der Waals surface area contributed by atoms with Gasteiger partial charge in [-0.2, -0.15) is 13.2 Å². The number of rotatable bonds is 0. The van der Waals surface area contributed by atoms with Crippen LogP contribution in [0.3, 0.4) is 0 Å². The molecule has 2 rings (SSSR count). The first kappa shape index (κ1) is 22.6. The molecule has 158 valence electrons. The predicted octanol–water partition coefficient (Wildman–Crippen LogP) is 2.69. The molecule has 0 fully saturated rings. The van der Waals surface area contributed by atoms with E-state index in [1.54, 1.807) is 6.92 Å². The van der Waals surface area contributed by atoms with Crippen molar-refractivity contribution in [1.29, 1.82) is 0 Å². The van der Waals surface area contributed by atoms with E-state index in [1.165, 1.54) is 24.3 Å². The van der Waals surface area contributed by atoms with Gasteiger partial charge in [0.2, 0.25) is 0 Å². The number of phenols is 1. The monoisotopic (exact) mass is 414 g/mol. The molecule has 0 spiro atoms. The number of ketones is 1. The Balaban J connectivity index is 2.57. The maximum absolute atomic E-state index is 13.4. The molecule has 0 bridgehead atoms. The zero-order valence-corrected chi connectivity index (χ0v) is 15.7. The van der Waals surface area contributed by atoms with E-state index in [-0.39, 0.29) is 17.5 Å². The molecular weight excluding hydrogens is 393 g/mol. The number of alkyl halides is 3. The Hall–Kier alpha value is -2.65. The molecule has 1 aliphatic rings. The highest BCUT2D eigenvalue weighted by Crippen LogP contribution is 2.33. The van der Waals surface area contributed by atoms with E-state index in [0.717, 1.165) is 6.92 Å². The van der Waals surface area contributed by atoms with Crippen LogP contribution in [-0.2, 0) is 9.53 Å². The number of carbonyl (C=O) groups excluding carboxylic acids is 2. The number of halogens is 3. The normalized spacial score (nSPS) is 28.8.